The topological polar surface area (TPSA) is 99.8 Å². The van der Waals surface area contributed by atoms with E-state index in [1.807, 2.05) is 18.2 Å². The first-order valence-corrected chi connectivity index (χ1v) is 18.1. The first-order chi connectivity index (χ1) is 24.2. The molecule has 8 nitrogen and oxygen atoms in total. The van der Waals surface area contributed by atoms with Crippen LogP contribution in [0.15, 0.2) is 60.7 Å². The number of halogens is 4. The first-order valence-electron chi connectivity index (χ1n) is 17.2. The van der Waals surface area contributed by atoms with Gasteiger partial charge in [0, 0.05) is 53.4 Å². The van der Waals surface area contributed by atoms with Crippen LogP contribution in [0.1, 0.15) is 83.9 Å². The number of ether oxygens (including phenoxy) is 1. The minimum atomic E-state index is -0.763. The van der Waals surface area contributed by atoms with Crippen molar-refractivity contribution in [1.29, 1.82) is 0 Å². The maximum atomic E-state index is 15.2. The van der Waals surface area contributed by atoms with Gasteiger partial charge in [-0.15, -0.1) is 36.2 Å². The molecule has 2 bridgehead atoms. The van der Waals surface area contributed by atoms with Crippen LogP contribution in [-0.2, 0) is 37.0 Å². The largest absolute Gasteiger partial charge is 0.465 e. The number of likely N-dealkylation sites (tertiary alicyclic amines) is 1. The molecule has 52 heavy (non-hydrogen) atoms. The third kappa shape index (κ3) is 8.83. The fourth-order valence-corrected chi connectivity index (χ4v) is 8.74. The molecule has 276 valence electrons. The highest BCUT2D eigenvalue weighted by Crippen LogP contribution is 2.39. The molecule has 2 saturated heterocycles. The van der Waals surface area contributed by atoms with Crippen LogP contribution in [0.25, 0.3) is 0 Å². The van der Waals surface area contributed by atoms with Crippen molar-refractivity contribution in [2.24, 2.45) is 0 Å². The van der Waals surface area contributed by atoms with Crippen molar-refractivity contribution < 1.29 is 27.9 Å². The molecule has 3 aliphatic rings. The molecule has 2 atom stereocenters. The summed E-state index contributed by atoms with van der Waals surface area (Å²) >= 11 is 1.40. The Morgan fingerprint density at radius 3 is 2.23 bits per heavy atom. The number of hydrogen-bond acceptors (Lipinski definition) is 7. The number of carbonyl (C=O) groups is 3. The molecule has 2 fully saturated rings. The monoisotopic (exact) mass is 770 g/mol. The number of nitrogens with zero attached hydrogens (tertiary/aromatic N) is 1. The highest BCUT2D eigenvalue weighted by molar-refractivity contribution is 7.17. The van der Waals surface area contributed by atoms with Gasteiger partial charge in [0.1, 0.15) is 16.6 Å². The Kier molecular flexibility index (Phi) is 13.1. The fraction of sp³-hybridized carbons (Fsp3) is 0.359. The van der Waals surface area contributed by atoms with Gasteiger partial charge in [-0.25, -0.2) is 13.6 Å². The number of methoxy groups -OCH3 is 1. The number of aryl methyl sites for hydroxylation is 2. The van der Waals surface area contributed by atoms with E-state index in [4.69, 9.17) is 4.74 Å². The number of piperazine rings is 1. The zero-order valence-electron chi connectivity index (χ0n) is 28.8. The van der Waals surface area contributed by atoms with Crippen molar-refractivity contribution in [2.45, 2.75) is 70.0 Å². The van der Waals surface area contributed by atoms with E-state index < -0.39 is 23.5 Å². The fourth-order valence-electron chi connectivity index (χ4n) is 7.46. The van der Waals surface area contributed by atoms with Gasteiger partial charge in [0.15, 0.2) is 0 Å². The number of carbonyl (C=O) groups excluding carboxylic acids is 3. The molecule has 2 amide bonds. The summed E-state index contributed by atoms with van der Waals surface area (Å²) in [7, 11) is 1.30. The molecule has 3 heterocycles. The summed E-state index contributed by atoms with van der Waals surface area (Å²) < 4.78 is 35.2. The van der Waals surface area contributed by atoms with E-state index in [2.05, 4.69) is 20.9 Å². The first kappa shape index (κ1) is 39.3. The van der Waals surface area contributed by atoms with E-state index in [1.54, 1.807) is 30.3 Å². The lowest BCUT2D eigenvalue weighted by Gasteiger charge is -2.32. The van der Waals surface area contributed by atoms with Crippen LogP contribution in [0.3, 0.4) is 0 Å². The van der Waals surface area contributed by atoms with Crippen LogP contribution < -0.4 is 16.0 Å². The van der Waals surface area contributed by atoms with E-state index in [-0.39, 0.29) is 48.4 Å². The molecule has 0 unspecified atom stereocenters. The van der Waals surface area contributed by atoms with E-state index >= 15 is 8.78 Å². The Hall–Kier alpha value is -3.87. The quantitative estimate of drug-likeness (QED) is 0.143. The van der Waals surface area contributed by atoms with Gasteiger partial charge >= 0.3 is 5.97 Å². The predicted molar refractivity (Wildman–Crippen MR) is 205 cm³/mol. The number of amides is 2. The molecule has 13 heteroatoms. The maximum Gasteiger partial charge on any atom is 0.337 e. The standard InChI is InChI=1S/C39H40F2N4O4S.2ClH/c1-49-39(48)25-12-9-23(10-13-25)11-16-30-32(40)18-29(19-33(30)41)43-37(47)35-31-7-2-3-8-34(31)50-38(35)44-36(46)26-6-4-5-24(17-26)20-45-21-27-14-15-28(22-45)42-27;;/h4-6,9-10,12-13,17-19,27-28,42H,2-3,7-8,11,14-16,20-22H2,1H3,(H,43,47)(H,44,46);2*1H/t27-,28+;;. The van der Waals surface area contributed by atoms with Gasteiger partial charge in [0.2, 0.25) is 0 Å². The molecule has 4 aromatic rings. The van der Waals surface area contributed by atoms with Crippen LogP contribution in [0.5, 0.6) is 0 Å². The molecule has 0 saturated carbocycles. The minimum Gasteiger partial charge on any atom is -0.465 e. The summed E-state index contributed by atoms with van der Waals surface area (Å²) in [6.07, 6.45) is 6.26. The summed E-state index contributed by atoms with van der Waals surface area (Å²) in [5.74, 6) is -2.80. The van der Waals surface area contributed by atoms with Crippen molar-refractivity contribution in [2.75, 3.05) is 30.8 Å². The Balaban J connectivity index is 0.00000261. The predicted octanol–water partition coefficient (Wildman–Crippen LogP) is 7.76. The second kappa shape index (κ2) is 17.3. The normalized spacial score (nSPS) is 17.7. The minimum absolute atomic E-state index is 0. The SMILES string of the molecule is COC(=O)c1ccc(CCc2c(F)cc(NC(=O)c3c(NC(=O)c4cccc(CN5C[C@H]6CC[C@@H](C5)N6)c4)sc4c3CCCC4)cc2F)cc1.Cl.Cl. The molecule has 3 N–H and O–H groups in total. The smallest absolute Gasteiger partial charge is 0.337 e. The van der Waals surface area contributed by atoms with E-state index in [0.29, 0.717) is 46.6 Å². The van der Waals surface area contributed by atoms with E-state index in [9.17, 15) is 14.4 Å². The van der Waals surface area contributed by atoms with Gasteiger partial charge in [-0.05, 0) is 104 Å². The van der Waals surface area contributed by atoms with Gasteiger partial charge in [-0.3, -0.25) is 14.5 Å². The average Bonchev–Trinajstić information content (AvgIpc) is 3.65. The number of anilines is 2. The highest BCUT2D eigenvalue weighted by Gasteiger charge is 2.32. The molecule has 2 aliphatic heterocycles. The van der Waals surface area contributed by atoms with Crippen LogP contribution in [0.2, 0.25) is 0 Å². The Labute approximate surface area is 318 Å². The lowest BCUT2D eigenvalue weighted by molar-refractivity contribution is 0.0600. The van der Waals surface area contributed by atoms with Crippen molar-refractivity contribution in [3.8, 4) is 0 Å². The van der Waals surface area contributed by atoms with Gasteiger partial charge < -0.3 is 20.7 Å². The van der Waals surface area contributed by atoms with E-state index in [0.717, 1.165) is 72.6 Å². The third-order valence-electron chi connectivity index (χ3n) is 9.95. The molecule has 1 aliphatic carbocycles. The average molecular weight is 772 g/mol. The summed E-state index contributed by atoms with van der Waals surface area (Å²) in [5, 5.41) is 9.80. The Morgan fingerprint density at radius 1 is 0.846 bits per heavy atom. The van der Waals surface area contributed by atoms with Gasteiger partial charge in [-0.2, -0.15) is 0 Å². The summed E-state index contributed by atoms with van der Waals surface area (Å²) in [6, 6.07) is 17.6. The number of esters is 1. The summed E-state index contributed by atoms with van der Waals surface area (Å²) in [6.45, 7) is 2.76. The zero-order valence-corrected chi connectivity index (χ0v) is 31.2. The number of thiophene rings is 1. The Bertz CT molecular complexity index is 1900. The lowest BCUT2D eigenvalue weighted by Crippen LogP contribution is -2.50. The molecule has 7 rings (SSSR count). The van der Waals surface area contributed by atoms with Crippen LogP contribution in [-0.4, -0.2) is 55.0 Å². The van der Waals surface area contributed by atoms with Crippen molar-refractivity contribution >= 4 is 64.6 Å². The van der Waals surface area contributed by atoms with Crippen LogP contribution in [0.4, 0.5) is 19.5 Å². The number of fused-ring (bicyclic) bond motifs is 3. The number of benzene rings is 3. The second-order valence-corrected chi connectivity index (χ2v) is 14.6. The second-order valence-electron chi connectivity index (χ2n) is 13.5. The van der Waals surface area contributed by atoms with Gasteiger partial charge in [0.05, 0.1) is 18.2 Å². The Morgan fingerprint density at radius 2 is 1.54 bits per heavy atom. The van der Waals surface area contributed by atoms with Gasteiger partial charge in [0.25, 0.3) is 11.8 Å². The van der Waals surface area contributed by atoms with Crippen LogP contribution in [0, 0.1) is 11.6 Å². The number of nitrogens with one attached hydrogen (secondary N) is 3. The molecular weight excluding hydrogens is 729 g/mol. The lowest BCUT2D eigenvalue weighted by atomic mass is 9.95. The molecule has 3 aromatic carbocycles. The number of hydrogen-bond donors (Lipinski definition) is 3. The van der Waals surface area contributed by atoms with Crippen molar-refractivity contribution in [3.63, 3.8) is 0 Å². The van der Waals surface area contributed by atoms with Gasteiger partial charge in [-0.1, -0.05) is 24.3 Å². The summed E-state index contributed by atoms with van der Waals surface area (Å²) in [4.78, 5) is 42.6. The molecule has 0 radical (unpaired) electrons. The van der Waals surface area contributed by atoms with Crippen molar-refractivity contribution in [1.82, 2.24) is 10.2 Å². The molecular formula is C39H42Cl2F2N4O4S. The maximum absolute atomic E-state index is 15.2. The highest BCUT2D eigenvalue weighted by atomic mass is 35.5. The zero-order chi connectivity index (χ0) is 34.8. The summed E-state index contributed by atoms with van der Waals surface area (Å²) in [5.41, 5.74) is 3.92. The number of rotatable bonds is 10. The molecule has 0 spiro atoms. The van der Waals surface area contributed by atoms with E-state index in [1.165, 1.54) is 31.3 Å². The van der Waals surface area contributed by atoms with Crippen molar-refractivity contribution in [3.05, 3.63) is 116 Å². The van der Waals surface area contributed by atoms with Crippen LogP contribution >= 0.6 is 36.2 Å². The molecule has 1 aromatic heterocycles. The third-order valence-corrected chi connectivity index (χ3v) is 11.2.